The summed E-state index contributed by atoms with van der Waals surface area (Å²) >= 11 is 0. The average molecular weight is 324 g/mol. The number of benzene rings is 1. The molecule has 8 heteroatoms. The van der Waals surface area contributed by atoms with Gasteiger partial charge in [-0.2, -0.15) is 13.2 Å². The number of aryl methyl sites for hydroxylation is 2. The Morgan fingerprint density at radius 2 is 1.67 bits per heavy atom. The van der Waals surface area contributed by atoms with Crippen molar-refractivity contribution >= 4 is 15.7 Å². The van der Waals surface area contributed by atoms with Gasteiger partial charge in [0, 0.05) is 18.8 Å². The maximum absolute atomic E-state index is 12.1. The van der Waals surface area contributed by atoms with Crippen molar-refractivity contribution in [2.45, 2.75) is 38.3 Å². The molecule has 1 rings (SSSR count). The van der Waals surface area contributed by atoms with Gasteiger partial charge >= 0.3 is 6.18 Å². The molecule has 0 fully saturated rings. The van der Waals surface area contributed by atoms with E-state index in [9.17, 15) is 21.6 Å². The van der Waals surface area contributed by atoms with Crippen LogP contribution in [0, 0.1) is 13.8 Å². The number of sulfonamides is 1. The number of anilines is 1. The highest BCUT2D eigenvalue weighted by molar-refractivity contribution is 7.89. The minimum atomic E-state index is -4.39. The fourth-order valence-corrected chi connectivity index (χ4v) is 3.56. The zero-order chi connectivity index (χ0) is 16.3. The molecule has 21 heavy (non-hydrogen) atoms. The SMILES string of the molecule is CCNc1cc(C)c(S(=O)(=O)NCCC(F)(F)F)c(C)c1. The molecule has 1 aromatic rings. The van der Waals surface area contributed by atoms with Crippen LogP contribution in [0.3, 0.4) is 0 Å². The molecule has 0 saturated carbocycles. The minimum Gasteiger partial charge on any atom is -0.385 e. The quantitative estimate of drug-likeness (QED) is 0.846. The Labute approximate surface area is 122 Å². The van der Waals surface area contributed by atoms with Crippen LogP contribution in [0.5, 0.6) is 0 Å². The normalized spacial score (nSPS) is 12.5. The van der Waals surface area contributed by atoms with E-state index in [2.05, 4.69) is 5.32 Å². The Hall–Kier alpha value is -1.28. The van der Waals surface area contributed by atoms with Crippen LogP contribution >= 0.6 is 0 Å². The molecule has 0 radical (unpaired) electrons. The van der Waals surface area contributed by atoms with Crippen molar-refractivity contribution in [3.8, 4) is 0 Å². The molecule has 0 bridgehead atoms. The number of halogens is 3. The Bertz CT molecular complexity index is 575. The molecule has 2 N–H and O–H groups in total. The fourth-order valence-electron chi connectivity index (χ4n) is 2.08. The zero-order valence-electron chi connectivity index (χ0n) is 12.1. The summed E-state index contributed by atoms with van der Waals surface area (Å²) in [6.07, 6.45) is -5.58. The first-order chi connectivity index (χ1) is 9.57. The molecule has 0 aliphatic carbocycles. The number of hydrogen-bond donors (Lipinski definition) is 2. The molecule has 120 valence electrons. The maximum Gasteiger partial charge on any atom is 0.390 e. The van der Waals surface area contributed by atoms with E-state index in [1.807, 2.05) is 11.6 Å². The predicted octanol–water partition coefficient (Wildman–Crippen LogP) is 2.97. The van der Waals surface area contributed by atoms with E-state index >= 15 is 0 Å². The first kappa shape index (κ1) is 17.8. The van der Waals surface area contributed by atoms with E-state index in [1.54, 1.807) is 26.0 Å². The molecule has 0 amide bonds. The monoisotopic (exact) mass is 324 g/mol. The third-order valence-corrected chi connectivity index (χ3v) is 4.58. The molecule has 0 unspecified atom stereocenters. The van der Waals surface area contributed by atoms with Gasteiger partial charge in [-0.3, -0.25) is 0 Å². The van der Waals surface area contributed by atoms with Crippen molar-refractivity contribution < 1.29 is 21.6 Å². The summed E-state index contributed by atoms with van der Waals surface area (Å²) in [6, 6.07) is 3.32. The zero-order valence-corrected chi connectivity index (χ0v) is 13.0. The number of hydrogen-bond acceptors (Lipinski definition) is 3. The van der Waals surface area contributed by atoms with Gasteiger partial charge in [-0.25, -0.2) is 13.1 Å². The fraction of sp³-hybridized carbons (Fsp3) is 0.538. The summed E-state index contributed by atoms with van der Waals surface area (Å²) in [4.78, 5) is 0.0336. The van der Waals surface area contributed by atoms with Crippen molar-refractivity contribution in [3.05, 3.63) is 23.3 Å². The molecule has 0 saturated heterocycles. The van der Waals surface area contributed by atoms with E-state index in [1.165, 1.54) is 0 Å². The van der Waals surface area contributed by atoms with Crippen LogP contribution in [-0.2, 0) is 10.0 Å². The highest BCUT2D eigenvalue weighted by Crippen LogP contribution is 2.25. The number of nitrogens with one attached hydrogen (secondary N) is 2. The van der Waals surface area contributed by atoms with E-state index in [0.717, 1.165) is 5.69 Å². The van der Waals surface area contributed by atoms with Gasteiger partial charge in [-0.05, 0) is 44.0 Å². The van der Waals surface area contributed by atoms with E-state index in [0.29, 0.717) is 17.7 Å². The Morgan fingerprint density at radius 1 is 1.14 bits per heavy atom. The topological polar surface area (TPSA) is 58.2 Å². The standard InChI is InChI=1S/C13H19F3N2O2S/c1-4-17-11-7-9(2)12(10(3)8-11)21(19,20)18-6-5-13(14,15)16/h7-8,17-18H,4-6H2,1-3H3. The lowest BCUT2D eigenvalue weighted by atomic mass is 10.1. The van der Waals surface area contributed by atoms with Crippen LogP contribution in [0.2, 0.25) is 0 Å². The maximum atomic E-state index is 12.1. The van der Waals surface area contributed by atoms with Gasteiger partial charge in [0.1, 0.15) is 0 Å². The minimum absolute atomic E-state index is 0.0336. The molecular formula is C13H19F3N2O2S. The summed E-state index contributed by atoms with van der Waals surface area (Å²) in [6.45, 7) is 5.17. The second-order valence-electron chi connectivity index (χ2n) is 4.73. The molecule has 1 aromatic carbocycles. The van der Waals surface area contributed by atoms with Crippen molar-refractivity contribution in [1.82, 2.24) is 4.72 Å². The summed E-state index contributed by atoms with van der Waals surface area (Å²) < 4.78 is 62.5. The summed E-state index contributed by atoms with van der Waals surface area (Å²) in [7, 11) is -3.95. The van der Waals surface area contributed by atoms with Crippen LogP contribution < -0.4 is 10.0 Å². The van der Waals surface area contributed by atoms with Gasteiger partial charge in [-0.15, -0.1) is 0 Å². The van der Waals surface area contributed by atoms with Gasteiger partial charge in [0.15, 0.2) is 0 Å². The Morgan fingerprint density at radius 3 is 2.10 bits per heavy atom. The van der Waals surface area contributed by atoms with Crippen LogP contribution in [0.4, 0.5) is 18.9 Å². The molecule has 0 spiro atoms. The smallest absolute Gasteiger partial charge is 0.385 e. The molecule has 0 heterocycles. The van der Waals surface area contributed by atoms with Crippen molar-refractivity contribution in [2.24, 2.45) is 0 Å². The first-order valence-corrected chi connectivity index (χ1v) is 7.96. The van der Waals surface area contributed by atoms with Gasteiger partial charge in [0.25, 0.3) is 0 Å². The van der Waals surface area contributed by atoms with E-state index in [4.69, 9.17) is 0 Å². The summed E-state index contributed by atoms with van der Waals surface area (Å²) in [5, 5.41) is 3.07. The van der Waals surface area contributed by atoms with Crippen molar-refractivity contribution in [2.75, 3.05) is 18.4 Å². The lowest BCUT2D eigenvalue weighted by Gasteiger charge is -2.15. The largest absolute Gasteiger partial charge is 0.390 e. The molecule has 0 aliphatic rings. The number of rotatable bonds is 6. The summed E-state index contributed by atoms with van der Waals surface area (Å²) in [5.41, 5.74) is 1.76. The molecule has 0 atom stereocenters. The average Bonchev–Trinajstić information content (AvgIpc) is 2.25. The van der Waals surface area contributed by atoms with Crippen molar-refractivity contribution in [3.63, 3.8) is 0 Å². The molecule has 0 aliphatic heterocycles. The number of alkyl halides is 3. The molecule has 0 aromatic heterocycles. The molecule has 4 nitrogen and oxygen atoms in total. The lowest BCUT2D eigenvalue weighted by Crippen LogP contribution is -2.29. The summed E-state index contributed by atoms with van der Waals surface area (Å²) in [5.74, 6) is 0. The van der Waals surface area contributed by atoms with Crippen LogP contribution in [-0.4, -0.2) is 27.7 Å². The van der Waals surface area contributed by atoms with Crippen LogP contribution in [0.1, 0.15) is 24.5 Å². The molecular weight excluding hydrogens is 305 g/mol. The van der Waals surface area contributed by atoms with E-state index in [-0.39, 0.29) is 4.90 Å². The first-order valence-electron chi connectivity index (χ1n) is 6.48. The third kappa shape index (κ3) is 5.20. The van der Waals surface area contributed by atoms with Gasteiger partial charge in [0.2, 0.25) is 10.0 Å². The van der Waals surface area contributed by atoms with E-state index < -0.39 is 29.2 Å². The highest BCUT2D eigenvalue weighted by atomic mass is 32.2. The van der Waals surface area contributed by atoms with Gasteiger partial charge < -0.3 is 5.32 Å². The Balaban J connectivity index is 2.98. The van der Waals surface area contributed by atoms with Gasteiger partial charge in [-0.1, -0.05) is 0 Å². The second kappa shape index (κ2) is 6.65. The van der Waals surface area contributed by atoms with Crippen molar-refractivity contribution in [1.29, 1.82) is 0 Å². The van der Waals surface area contributed by atoms with Gasteiger partial charge in [0.05, 0.1) is 11.3 Å². The lowest BCUT2D eigenvalue weighted by molar-refractivity contribution is -0.132. The highest BCUT2D eigenvalue weighted by Gasteiger charge is 2.28. The third-order valence-electron chi connectivity index (χ3n) is 2.81. The Kier molecular flexibility index (Phi) is 5.63. The van der Waals surface area contributed by atoms with Crippen LogP contribution in [0.15, 0.2) is 17.0 Å². The predicted molar refractivity (Wildman–Crippen MR) is 75.9 cm³/mol. The van der Waals surface area contributed by atoms with Crippen LogP contribution in [0.25, 0.3) is 0 Å². The second-order valence-corrected chi connectivity index (χ2v) is 6.44.